The molecule has 0 bridgehead atoms. The molecule has 2 heterocycles. The molecule has 27 heavy (non-hydrogen) atoms. The van der Waals surface area contributed by atoms with Crippen LogP contribution in [0.2, 0.25) is 0 Å². The minimum Gasteiger partial charge on any atom is -0.361 e. The first kappa shape index (κ1) is 18.5. The van der Waals surface area contributed by atoms with Gasteiger partial charge in [-0.2, -0.15) is 0 Å². The van der Waals surface area contributed by atoms with Crippen LogP contribution in [0, 0.1) is 18.3 Å². The summed E-state index contributed by atoms with van der Waals surface area (Å²) in [6, 6.07) is 1.94. The van der Waals surface area contributed by atoms with Gasteiger partial charge >= 0.3 is 0 Å². The Morgan fingerprint density at radius 2 is 2.07 bits per heavy atom. The van der Waals surface area contributed by atoms with Gasteiger partial charge in [0.05, 0.1) is 0 Å². The van der Waals surface area contributed by atoms with E-state index in [-0.39, 0.29) is 17.4 Å². The highest BCUT2D eigenvalue weighted by molar-refractivity contribution is 5.92. The molecule has 6 nitrogen and oxygen atoms in total. The summed E-state index contributed by atoms with van der Waals surface area (Å²) in [5, 5.41) is 6.90. The molecule has 6 heteroatoms. The van der Waals surface area contributed by atoms with Crippen molar-refractivity contribution < 1.29 is 14.1 Å². The number of hydrogen-bond acceptors (Lipinski definition) is 4. The maximum absolute atomic E-state index is 12.7. The number of nitrogens with zero attached hydrogens (tertiary/aromatic N) is 2. The second-order valence-corrected chi connectivity index (χ2v) is 8.83. The zero-order chi connectivity index (χ0) is 18.9. The third-order valence-corrected chi connectivity index (χ3v) is 7.03. The summed E-state index contributed by atoms with van der Waals surface area (Å²) in [5.41, 5.74) is 0.362. The fourth-order valence-corrected chi connectivity index (χ4v) is 5.56. The number of likely N-dealkylation sites (tertiary alicyclic amines) is 1. The van der Waals surface area contributed by atoms with Gasteiger partial charge in [0.2, 0.25) is 5.91 Å². The summed E-state index contributed by atoms with van der Waals surface area (Å²) < 4.78 is 5.01. The molecule has 2 saturated carbocycles. The standard InChI is InChI=1S/C21H31N3O3/c1-15-12-17(23-27-15)20(26)22-14-21-10-5-8-18(21)24(19(25)9-11-21)13-16-6-3-2-4-7-16/h12,16,18H,2-11,13-14H2,1H3,(H,22,26)/t18-,21+/m1/s1. The average Bonchev–Trinajstić information content (AvgIpc) is 3.30. The van der Waals surface area contributed by atoms with E-state index >= 15 is 0 Å². The molecule has 1 aromatic rings. The Balaban J connectivity index is 1.44. The van der Waals surface area contributed by atoms with Gasteiger partial charge in [0.1, 0.15) is 5.76 Å². The molecule has 0 radical (unpaired) electrons. The molecule has 4 rings (SSSR count). The normalized spacial score (nSPS) is 29.0. The van der Waals surface area contributed by atoms with Crippen molar-refractivity contribution in [3.63, 3.8) is 0 Å². The number of fused-ring (bicyclic) bond motifs is 1. The number of amides is 2. The van der Waals surface area contributed by atoms with Gasteiger partial charge < -0.3 is 14.7 Å². The van der Waals surface area contributed by atoms with Crippen LogP contribution in [0.4, 0.5) is 0 Å². The molecule has 2 amide bonds. The van der Waals surface area contributed by atoms with Crippen molar-refractivity contribution in [1.82, 2.24) is 15.4 Å². The van der Waals surface area contributed by atoms with Crippen LogP contribution in [0.5, 0.6) is 0 Å². The highest BCUT2D eigenvalue weighted by Gasteiger charge is 2.50. The van der Waals surface area contributed by atoms with Crippen LogP contribution in [-0.2, 0) is 4.79 Å². The summed E-state index contributed by atoms with van der Waals surface area (Å²) in [6.45, 7) is 3.32. The van der Waals surface area contributed by atoms with Crippen LogP contribution < -0.4 is 5.32 Å². The second kappa shape index (κ2) is 7.64. The minimum absolute atomic E-state index is 0.0248. The smallest absolute Gasteiger partial charge is 0.273 e. The molecule has 3 aliphatic rings. The van der Waals surface area contributed by atoms with Crippen LogP contribution in [0.3, 0.4) is 0 Å². The number of nitrogens with one attached hydrogen (secondary N) is 1. The van der Waals surface area contributed by atoms with Crippen molar-refractivity contribution in [1.29, 1.82) is 0 Å². The third-order valence-electron chi connectivity index (χ3n) is 7.03. The van der Waals surface area contributed by atoms with Gasteiger partial charge in [0, 0.05) is 37.0 Å². The van der Waals surface area contributed by atoms with E-state index in [1.165, 1.54) is 32.1 Å². The van der Waals surface area contributed by atoms with Crippen molar-refractivity contribution in [2.45, 2.75) is 77.2 Å². The molecule has 3 fully saturated rings. The van der Waals surface area contributed by atoms with E-state index in [9.17, 15) is 9.59 Å². The van der Waals surface area contributed by atoms with E-state index in [2.05, 4.69) is 15.4 Å². The Morgan fingerprint density at radius 3 is 2.81 bits per heavy atom. The lowest BCUT2D eigenvalue weighted by atomic mass is 9.74. The molecule has 2 aliphatic carbocycles. The number of piperidine rings is 1. The molecule has 2 atom stereocenters. The van der Waals surface area contributed by atoms with Gasteiger partial charge in [-0.05, 0) is 44.9 Å². The predicted molar refractivity (Wildman–Crippen MR) is 101 cm³/mol. The minimum atomic E-state index is -0.178. The van der Waals surface area contributed by atoms with Gasteiger partial charge in [-0.3, -0.25) is 9.59 Å². The van der Waals surface area contributed by atoms with Crippen molar-refractivity contribution >= 4 is 11.8 Å². The summed E-state index contributed by atoms with van der Waals surface area (Å²) in [7, 11) is 0. The highest BCUT2D eigenvalue weighted by atomic mass is 16.5. The first-order chi connectivity index (χ1) is 13.1. The van der Waals surface area contributed by atoms with Crippen molar-refractivity contribution in [3.05, 3.63) is 17.5 Å². The monoisotopic (exact) mass is 373 g/mol. The van der Waals surface area contributed by atoms with E-state index in [0.29, 0.717) is 36.2 Å². The fourth-order valence-electron chi connectivity index (χ4n) is 5.56. The predicted octanol–water partition coefficient (Wildman–Crippen LogP) is 3.45. The van der Waals surface area contributed by atoms with Gasteiger partial charge in [-0.1, -0.05) is 30.8 Å². The SMILES string of the molecule is Cc1cc(C(=O)NC[C@@]23CCC[C@H]2N(CC2CCCCC2)C(=O)CC3)no1. The molecule has 1 aliphatic heterocycles. The first-order valence-electron chi connectivity index (χ1n) is 10.6. The maximum atomic E-state index is 12.7. The topological polar surface area (TPSA) is 75.4 Å². The van der Waals surface area contributed by atoms with Gasteiger partial charge in [-0.25, -0.2) is 0 Å². The van der Waals surface area contributed by atoms with Crippen LogP contribution in [0.15, 0.2) is 10.6 Å². The van der Waals surface area contributed by atoms with Crippen LogP contribution in [0.25, 0.3) is 0 Å². The summed E-state index contributed by atoms with van der Waals surface area (Å²) in [4.78, 5) is 27.4. The van der Waals surface area contributed by atoms with Gasteiger partial charge in [0.15, 0.2) is 5.69 Å². The number of rotatable bonds is 5. The third kappa shape index (κ3) is 3.76. The maximum Gasteiger partial charge on any atom is 0.273 e. The summed E-state index contributed by atoms with van der Waals surface area (Å²) in [5.74, 6) is 1.44. The Hall–Kier alpha value is -1.85. The number of carbonyl (C=O) groups is 2. The molecular formula is C21H31N3O3. The van der Waals surface area contributed by atoms with E-state index < -0.39 is 0 Å². The Labute approximate surface area is 161 Å². The lowest BCUT2D eigenvalue weighted by molar-refractivity contribution is -0.142. The number of aryl methyl sites for hydroxylation is 1. The highest BCUT2D eigenvalue weighted by Crippen LogP contribution is 2.48. The molecule has 0 unspecified atom stereocenters. The average molecular weight is 373 g/mol. The molecular weight excluding hydrogens is 342 g/mol. The van der Waals surface area contributed by atoms with E-state index in [0.717, 1.165) is 32.2 Å². The number of carbonyl (C=O) groups excluding carboxylic acids is 2. The zero-order valence-electron chi connectivity index (χ0n) is 16.3. The Kier molecular flexibility index (Phi) is 5.24. The van der Waals surface area contributed by atoms with E-state index in [1.807, 2.05) is 0 Å². The fraction of sp³-hybridized carbons (Fsp3) is 0.762. The van der Waals surface area contributed by atoms with Crippen molar-refractivity contribution in [2.75, 3.05) is 13.1 Å². The molecule has 0 spiro atoms. The van der Waals surface area contributed by atoms with Crippen LogP contribution in [0.1, 0.15) is 80.5 Å². The van der Waals surface area contributed by atoms with Crippen molar-refractivity contribution in [2.24, 2.45) is 11.3 Å². The molecule has 148 valence electrons. The van der Waals surface area contributed by atoms with Crippen LogP contribution >= 0.6 is 0 Å². The lowest BCUT2D eigenvalue weighted by Crippen LogP contribution is -2.57. The summed E-state index contributed by atoms with van der Waals surface area (Å²) in [6.07, 6.45) is 11.2. The Bertz CT molecular complexity index is 695. The molecule has 1 aromatic heterocycles. The quantitative estimate of drug-likeness (QED) is 0.858. The largest absolute Gasteiger partial charge is 0.361 e. The van der Waals surface area contributed by atoms with E-state index in [4.69, 9.17) is 4.52 Å². The number of aromatic nitrogens is 1. The van der Waals surface area contributed by atoms with Gasteiger partial charge in [-0.15, -0.1) is 0 Å². The summed E-state index contributed by atoms with van der Waals surface area (Å²) >= 11 is 0. The number of hydrogen-bond donors (Lipinski definition) is 1. The zero-order valence-corrected chi connectivity index (χ0v) is 16.3. The van der Waals surface area contributed by atoms with Crippen LogP contribution in [-0.4, -0.2) is 41.0 Å². The Morgan fingerprint density at radius 1 is 1.26 bits per heavy atom. The van der Waals surface area contributed by atoms with Crippen molar-refractivity contribution in [3.8, 4) is 0 Å². The molecule has 1 N–H and O–H groups in total. The lowest BCUT2D eigenvalue weighted by Gasteiger charge is -2.47. The molecule has 0 aromatic carbocycles. The van der Waals surface area contributed by atoms with E-state index in [1.54, 1.807) is 13.0 Å². The molecule has 1 saturated heterocycles. The second-order valence-electron chi connectivity index (χ2n) is 8.83. The first-order valence-corrected chi connectivity index (χ1v) is 10.6. The van der Waals surface area contributed by atoms with Gasteiger partial charge in [0.25, 0.3) is 5.91 Å².